The van der Waals surface area contributed by atoms with E-state index in [2.05, 4.69) is 36.5 Å². The van der Waals surface area contributed by atoms with Crippen LogP contribution in [0.15, 0.2) is 30.3 Å². The van der Waals surface area contributed by atoms with Crippen LogP contribution in [0.5, 0.6) is 0 Å². The summed E-state index contributed by atoms with van der Waals surface area (Å²) in [5.41, 5.74) is 1.37. The minimum Gasteiger partial charge on any atom is -0.314 e. The molecule has 0 saturated carbocycles. The lowest BCUT2D eigenvalue weighted by Gasteiger charge is -2.12. The van der Waals surface area contributed by atoms with E-state index in [9.17, 15) is 4.39 Å². The van der Waals surface area contributed by atoms with E-state index >= 15 is 0 Å². The molecule has 0 saturated heterocycles. The van der Waals surface area contributed by atoms with Gasteiger partial charge in [0.2, 0.25) is 0 Å². The van der Waals surface area contributed by atoms with E-state index in [0.717, 1.165) is 19.4 Å². The molecule has 84 valence electrons. The van der Waals surface area contributed by atoms with E-state index in [1.54, 1.807) is 0 Å². The van der Waals surface area contributed by atoms with Gasteiger partial charge in [0.05, 0.1) is 6.67 Å². The Morgan fingerprint density at radius 3 is 2.67 bits per heavy atom. The van der Waals surface area contributed by atoms with E-state index in [1.807, 2.05) is 6.07 Å². The van der Waals surface area contributed by atoms with Gasteiger partial charge in [-0.05, 0) is 38.3 Å². The maximum atomic E-state index is 11.9. The Labute approximate surface area is 91.7 Å². The lowest BCUT2D eigenvalue weighted by atomic mass is 10.1. The van der Waals surface area contributed by atoms with Crippen LogP contribution in [-0.4, -0.2) is 19.3 Å². The second kappa shape index (κ2) is 7.41. The van der Waals surface area contributed by atoms with Crippen LogP contribution in [0, 0.1) is 0 Å². The zero-order valence-electron chi connectivity index (χ0n) is 9.38. The van der Waals surface area contributed by atoms with Gasteiger partial charge in [0.15, 0.2) is 0 Å². The number of aryl methyl sites for hydroxylation is 1. The van der Waals surface area contributed by atoms with Crippen LogP contribution in [-0.2, 0) is 6.42 Å². The lowest BCUT2D eigenvalue weighted by molar-refractivity contribution is 0.435. The van der Waals surface area contributed by atoms with Crippen molar-refractivity contribution < 1.29 is 4.39 Å². The van der Waals surface area contributed by atoms with Crippen molar-refractivity contribution in [2.45, 2.75) is 32.2 Å². The van der Waals surface area contributed by atoms with Crippen molar-refractivity contribution in [1.29, 1.82) is 0 Å². The molecule has 0 amide bonds. The van der Waals surface area contributed by atoms with Gasteiger partial charge in [0, 0.05) is 6.04 Å². The molecule has 0 radical (unpaired) electrons. The molecule has 0 heterocycles. The second-order valence-electron chi connectivity index (χ2n) is 3.92. The molecule has 1 aromatic carbocycles. The number of hydrogen-bond donors (Lipinski definition) is 1. The van der Waals surface area contributed by atoms with E-state index in [-0.39, 0.29) is 6.67 Å². The summed E-state index contributed by atoms with van der Waals surface area (Å²) < 4.78 is 11.9. The van der Waals surface area contributed by atoms with Gasteiger partial charge in [-0.15, -0.1) is 0 Å². The molecule has 1 N–H and O–H groups in total. The Bertz CT molecular complexity index is 248. The molecule has 0 aliphatic rings. The quantitative estimate of drug-likeness (QED) is 0.681. The van der Waals surface area contributed by atoms with Crippen LogP contribution in [0.1, 0.15) is 25.3 Å². The third-order valence-electron chi connectivity index (χ3n) is 2.51. The maximum Gasteiger partial charge on any atom is 0.0906 e. The largest absolute Gasteiger partial charge is 0.314 e. The van der Waals surface area contributed by atoms with E-state index in [0.29, 0.717) is 12.5 Å². The summed E-state index contributed by atoms with van der Waals surface area (Å²) in [5, 5.41) is 3.31. The van der Waals surface area contributed by atoms with Crippen molar-refractivity contribution in [1.82, 2.24) is 5.32 Å². The number of halogens is 1. The van der Waals surface area contributed by atoms with Crippen LogP contribution in [0.2, 0.25) is 0 Å². The Hall–Kier alpha value is -0.890. The summed E-state index contributed by atoms with van der Waals surface area (Å²) >= 11 is 0. The van der Waals surface area contributed by atoms with Crippen LogP contribution in [0.4, 0.5) is 4.39 Å². The van der Waals surface area contributed by atoms with Crippen LogP contribution < -0.4 is 5.32 Å². The van der Waals surface area contributed by atoms with Gasteiger partial charge in [-0.3, -0.25) is 4.39 Å². The second-order valence-corrected chi connectivity index (χ2v) is 3.92. The number of benzene rings is 1. The minimum absolute atomic E-state index is 0.224. The zero-order valence-corrected chi connectivity index (χ0v) is 9.38. The van der Waals surface area contributed by atoms with Gasteiger partial charge >= 0.3 is 0 Å². The normalized spacial score (nSPS) is 12.7. The topological polar surface area (TPSA) is 12.0 Å². The van der Waals surface area contributed by atoms with Crippen LogP contribution in [0.3, 0.4) is 0 Å². The van der Waals surface area contributed by atoms with Gasteiger partial charge in [-0.2, -0.15) is 0 Å². The van der Waals surface area contributed by atoms with Crippen molar-refractivity contribution in [3.8, 4) is 0 Å². The molecule has 1 unspecified atom stereocenters. The molecule has 0 aromatic heterocycles. The molecule has 2 heteroatoms. The molecule has 15 heavy (non-hydrogen) atoms. The molecule has 1 atom stereocenters. The summed E-state index contributed by atoms with van der Waals surface area (Å²) in [6, 6.07) is 10.9. The summed E-state index contributed by atoms with van der Waals surface area (Å²) in [4.78, 5) is 0. The number of nitrogens with one attached hydrogen (secondary N) is 1. The first-order valence-electron chi connectivity index (χ1n) is 5.66. The molecule has 1 aromatic rings. The van der Waals surface area contributed by atoms with Gasteiger partial charge in [-0.25, -0.2) is 0 Å². The number of alkyl halides is 1. The Balaban J connectivity index is 2.14. The van der Waals surface area contributed by atoms with Gasteiger partial charge < -0.3 is 5.32 Å². The average molecular weight is 209 g/mol. The Morgan fingerprint density at radius 1 is 1.27 bits per heavy atom. The highest BCUT2D eigenvalue weighted by Gasteiger charge is 2.00. The first kappa shape index (κ1) is 12.2. The number of hydrogen-bond acceptors (Lipinski definition) is 1. The highest BCUT2D eigenvalue weighted by Crippen LogP contribution is 2.04. The first-order chi connectivity index (χ1) is 7.33. The maximum absolute atomic E-state index is 11.9. The fourth-order valence-electron chi connectivity index (χ4n) is 1.55. The molecule has 0 aliphatic heterocycles. The fraction of sp³-hybridized carbons (Fsp3) is 0.538. The average Bonchev–Trinajstić information content (AvgIpc) is 2.28. The third-order valence-corrected chi connectivity index (χ3v) is 2.51. The summed E-state index contributed by atoms with van der Waals surface area (Å²) in [6.07, 6.45) is 2.82. The summed E-state index contributed by atoms with van der Waals surface area (Å²) in [5.74, 6) is 0. The van der Waals surface area contributed by atoms with Gasteiger partial charge in [0.1, 0.15) is 0 Å². The van der Waals surface area contributed by atoms with Crippen molar-refractivity contribution in [3.63, 3.8) is 0 Å². The molecule has 0 bridgehead atoms. The standard InChI is InChI=1S/C13H20FN/c1-12(15-11-5-10-14)8-9-13-6-3-2-4-7-13/h2-4,6-7,12,15H,5,8-11H2,1H3. The van der Waals surface area contributed by atoms with E-state index in [4.69, 9.17) is 0 Å². The Kier molecular flexibility index (Phi) is 6.02. The first-order valence-corrected chi connectivity index (χ1v) is 5.66. The number of rotatable bonds is 7. The minimum atomic E-state index is -0.224. The molecule has 0 fully saturated rings. The lowest BCUT2D eigenvalue weighted by Crippen LogP contribution is -2.27. The zero-order chi connectivity index (χ0) is 10.9. The molecule has 0 spiro atoms. The van der Waals surface area contributed by atoms with Crippen LogP contribution in [0.25, 0.3) is 0 Å². The van der Waals surface area contributed by atoms with Gasteiger partial charge in [-0.1, -0.05) is 30.3 Å². The molecular weight excluding hydrogens is 189 g/mol. The van der Waals surface area contributed by atoms with E-state index < -0.39 is 0 Å². The third kappa shape index (κ3) is 5.53. The Morgan fingerprint density at radius 2 is 2.00 bits per heavy atom. The monoisotopic (exact) mass is 209 g/mol. The predicted octanol–water partition coefficient (Wildman–Crippen LogP) is 2.96. The highest BCUT2D eigenvalue weighted by molar-refractivity contribution is 5.14. The summed E-state index contributed by atoms with van der Waals surface area (Å²) in [6.45, 7) is 2.71. The molecule has 0 aliphatic carbocycles. The fourth-order valence-corrected chi connectivity index (χ4v) is 1.55. The summed E-state index contributed by atoms with van der Waals surface area (Å²) in [7, 11) is 0. The smallest absolute Gasteiger partial charge is 0.0906 e. The van der Waals surface area contributed by atoms with Crippen LogP contribution >= 0.6 is 0 Å². The SMILES string of the molecule is CC(CCc1ccccc1)NCCCF. The van der Waals surface area contributed by atoms with E-state index in [1.165, 1.54) is 5.56 Å². The highest BCUT2D eigenvalue weighted by atomic mass is 19.1. The van der Waals surface area contributed by atoms with Crippen molar-refractivity contribution in [3.05, 3.63) is 35.9 Å². The molecular formula is C13H20FN. The molecule has 1 rings (SSSR count). The van der Waals surface area contributed by atoms with Crippen molar-refractivity contribution in [2.24, 2.45) is 0 Å². The van der Waals surface area contributed by atoms with Crippen molar-refractivity contribution in [2.75, 3.05) is 13.2 Å². The van der Waals surface area contributed by atoms with Gasteiger partial charge in [0.25, 0.3) is 0 Å². The molecule has 1 nitrogen and oxygen atoms in total. The predicted molar refractivity (Wildman–Crippen MR) is 62.8 cm³/mol. The van der Waals surface area contributed by atoms with Crippen molar-refractivity contribution >= 4 is 0 Å².